The largest absolute Gasteiger partial charge is 0.480 e. The summed E-state index contributed by atoms with van der Waals surface area (Å²) in [5.74, 6) is -1.55. The minimum atomic E-state index is -1.09. The summed E-state index contributed by atoms with van der Waals surface area (Å²) in [7, 11) is 0. The lowest BCUT2D eigenvalue weighted by Crippen LogP contribution is -2.43. The third kappa shape index (κ3) is 7.51. The fraction of sp³-hybridized carbons (Fsp3) is 0.667. The Morgan fingerprint density at radius 3 is 2.23 bits per heavy atom. The zero-order chi connectivity index (χ0) is 9.72. The molecule has 0 radical (unpaired) electrons. The van der Waals surface area contributed by atoms with E-state index < -0.39 is 24.1 Å². The average Bonchev–Trinajstić information content (AvgIpc) is 1.84. The van der Waals surface area contributed by atoms with Gasteiger partial charge in [0, 0.05) is 0 Å². The number of carbonyl (C=O) groups excluding carboxylic acids is 1. The molecule has 0 aromatic heterocycles. The van der Waals surface area contributed by atoms with Crippen LogP contribution in [0.25, 0.3) is 0 Å². The lowest BCUT2D eigenvalue weighted by atomic mass is 10.3. The molecule has 6 N–H and O–H groups in total. The standard InChI is InChI=1S/C6H13N3O3.ClH/c1-3(6(11)12)9-5(10)2-4(7)8;/h3-4H,2,7-8H2,1H3,(H,9,10)(H,11,12);1H/t3-;/m0./s1. The lowest BCUT2D eigenvalue weighted by Gasteiger charge is -2.10. The number of halogens is 1. The van der Waals surface area contributed by atoms with Gasteiger partial charge in [0.05, 0.1) is 12.6 Å². The van der Waals surface area contributed by atoms with E-state index in [0.717, 1.165) is 0 Å². The van der Waals surface area contributed by atoms with Gasteiger partial charge in [-0.3, -0.25) is 9.59 Å². The highest BCUT2D eigenvalue weighted by atomic mass is 35.5. The number of amides is 1. The molecule has 0 saturated heterocycles. The van der Waals surface area contributed by atoms with Gasteiger partial charge in [-0.15, -0.1) is 12.4 Å². The van der Waals surface area contributed by atoms with E-state index in [9.17, 15) is 9.59 Å². The van der Waals surface area contributed by atoms with Gasteiger partial charge in [-0.2, -0.15) is 0 Å². The minimum absolute atomic E-state index is 0. The molecular formula is C6H14ClN3O3. The van der Waals surface area contributed by atoms with Gasteiger partial charge in [0.2, 0.25) is 5.91 Å². The lowest BCUT2D eigenvalue weighted by molar-refractivity contribution is -0.141. The molecule has 0 bridgehead atoms. The van der Waals surface area contributed by atoms with Crippen LogP contribution in [0.1, 0.15) is 13.3 Å². The van der Waals surface area contributed by atoms with Crippen LogP contribution in [0.3, 0.4) is 0 Å². The Balaban J connectivity index is 0. The third-order valence-electron chi connectivity index (χ3n) is 1.17. The second-order valence-electron chi connectivity index (χ2n) is 2.50. The zero-order valence-corrected chi connectivity index (χ0v) is 8.00. The number of carboxylic acid groups (broad SMARTS) is 1. The van der Waals surface area contributed by atoms with Crippen molar-refractivity contribution in [2.45, 2.75) is 25.6 Å². The molecule has 0 fully saturated rings. The summed E-state index contributed by atoms with van der Waals surface area (Å²) in [5.41, 5.74) is 10.2. The Labute approximate surface area is 82.1 Å². The molecule has 78 valence electrons. The molecule has 0 spiro atoms. The summed E-state index contributed by atoms with van der Waals surface area (Å²) >= 11 is 0. The van der Waals surface area contributed by atoms with Crippen LogP contribution in [0.2, 0.25) is 0 Å². The molecule has 0 aromatic carbocycles. The normalized spacial score (nSPS) is 11.7. The number of rotatable bonds is 4. The molecular weight excluding hydrogens is 198 g/mol. The van der Waals surface area contributed by atoms with E-state index in [1.54, 1.807) is 0 Å². The van der Waals surface area contributed by atoms with E-state index in [4.69, 9.17) is 16.6 Å². The van der Waals surface area contributed by atoms with E-state index in [1.807, 2.05) is 0 Å². The van der Waals surface area contributed by atoms with Crippen LogP contribution in [0.4, 0.5) is 0 Å². The molecule has 6 nitrogen and oxygen atoms in total. The van der Waals surface area contributed by atoms with E-state index in [0.29, 0.717) is 0 Å². The van der Waals surface area contributed by atoms with Crippen molar-refractivity contribution < 1.29 is 14.7 Å². The second-order valence-corrected chi connectivity index (χ2v) is 2.50. The summed E-state index contributed by atoms with van der Waals surface area (Å²) in [4.78, 5) is 21.1. The molecule has 7 heteroatoms. The van der Waals surface area contributed by atoms with Crippen LogP contribution in [-0.4, -0.2) is 29.2 Å². The Morgan fingerprint density at radius 2 is 1.92 bits per heavy atom. The van der Waals surface area contributed by atoms with Crippen molar-refractivity contribution in [3.8, 4) is 0 Å². The van der Waals surface area contributed by atoms with Gasteiger partial charge in [0.1, 0.15) is 6.04 Å². The summed E-state index contributed by atoms with van der Waals surface area (Å²) in [6.45, 7) is 1.36. The second kappa shape index (κ2) is 6.64. The van der Waals surface area contributed by atoms with Gasteiger partial charge in [-0.05, 0) is 6.92 Å². The topological polar surface area (TPSA) is 118 Å². The Bertz CT molecular complexity index is 186. The maximum Gasteiger partial charge on any atom is 0.325 e. The SMILES string of the molecule is C[C@H](NC(=O)CC(N)N)C(=O)O.Cl. The first kappa shape index (κ1) is 14.7. The van der Waals surface area contributed by atoms with E-state index in [2.05, 4.69) is 5.32 Å². The van der Waals surface area contributed by atoms with Gasteiger partial charge in [-0.25, -0.2) is 0 Å². The maximum atomic E-state index is 10.8. The molecule has 1 atom stereocenters. The fourth-order valence-corrected chi connectivity index (χ4v) is 0.576. The van der Waals surface area contributed by atoms with Gasteiger partial charge in [0.25, 0.3) is 0 Å². The molecule has 0 heterocycles. The number of carboxylic acids is 1. The predicted molar refractivity (Wildman–Crippen MR) is 49.3 cm³/mol. The molecule has 0 aliphatic carbocycles. The van der Waals surface area contributed by atoms with Crippen LogP contribution in [0.5, 0.6) is 0 Å². The smallest absolute Gasteiger partial charge is 0.325 e. The van der Waals surface area contributed by atoms with Crippen molar-refractivity contribution in [1.29, 1.82) is 0 Å². The zero-order valence-electron chi connectivity index (χ0n) is 7.19. The minimum Gasteiger partial charge on any atom is -0.480 e. The average molecular weight is 212 g/mol. The summed E-state index contributed by atoms with van der Waals surface area (Å²) in [6.07, 6.45) is -0.816. The van der Waals surface area contributed by atoms with E-state index in [1.165, 1.54) is 6.92 Å². The monoisotopic (exact) mass is 211 g/mol. The number of nitrogens with one attached hydrogen (secondary N) is 1. The summed E-state index contributed by atoms with van der Waals surface area (Å²) < 4.78 is 0. The van der Waals surface area contributed by atoms with Gasteiger partial charge >= 0.3 is 5.97 Å². The Morgan fingerprint density at radius 1 is 1.46 bits per heavy atom. The van der Waals surface area contributed by atoms with Crippen molar-refractivity contribution >= 4 is 24.3 Å². The van der Waals surface area contributed by atoms with E-state index in [-0.39, 0.29) is 18.8 Å². The summed E-state index contributed by atoms with van der Waals surface area (Å²) in [5, 5.41) is 10.6. The highest BCUT2D eigenvalue weighted by molar-refractivity contribution is 5.85. The first-order valence-electron chi connectivity index (χ1n) is 3.47. The molecule has 0 aliphatic rings. The van der Waals surface area contributed by atoms with Crippen molar-refractivity contribution in [3.63, 3.8) is 0 Å². The highest BCUT2D eigenvalue weighted by Crippen LogP contribution is 1.85. The fourth-order valence-electron chi connectivity index (χ4n) is 0.576. The Kier molecular flexibility index (Phi) is 7.49. The first-order chi connectivity index (χ1) is 5.43. The van der Waals surface area contributed by atoms with E-state index >= 15 is 0 Å². The Hall–Kier alpha value is -0.850. The number of carbonyl (C=O) groups is 2. The van der Waals surface area contributed by atoms with Crippen molar-refractivity contribution in [2.75, 3.05) is 0 Å². The third-order valence-corrected chi connectivity index (χ3v) is 1.17. The van der Waals surface area contributed by atoms with Crippen LogP contribution in [0, 0.1) is 0 Å². The number of hydrogen-bond acceptors (Lipinski definition) is 4. The molecule has 13 heavy (non-hydrogen) atoms. The van der Waals surface area contributed by atoms with Crippen LogP contribution in [0.15, 0.2) is 0 Å². The molecule has 0 aliphatic heterocycles. The van der Waals surface area contributed by atoms with Gasteiger partial charge in [-0.1, -0.05) is 0 Å². The molecule has 0 unspecified atom stereocenters. The van der Waals surface area contributed by atoms with Gasteiger partial charge < -0.3 is 21.9 Å². The molecule has 0 saturated carbocycles. The van der Waals surface area contributed by atoms with Crippen LogP contribution < -0.4 is 16.8 Å². The number of hydrogen-bond donors (Lipinski definition) is 4. The van der Waals surface area contributed by atoms with Crippen LogP contribution >= 0.6 is 12.4 Å². The first-order valence-corrected chi connectivity index (χ1v) is 3.47. The molecule has 1 amide bonds. The summed E-state index contributed by atoms with van der Waals surface area (Å²) in [6, 6.07) is -0.906. The molecule has 0 rings (SSSR count). The number of aliphatic carboxylic acids is 1. The highest BCUT2D eigenvalue weighted by Gasteiger charge is 2.14. The van der Waals surface area contributed by atoms with Gasteiger partial charge in [0.15, 0.2) is 0 Å². The van der Waals surface area contributed by atoms with Crippen molar-refractivity contribution in [3.05, 3.63) is 0 Å². The number of nitrogens with two attached hydrogens (primary N) is 2. The van der Waals surface area contributed by atoms with Crippen LogP contribution in [-0.2, 0) is 9.59 Å². The quantitative estimate of drug-likeness (QED) is 0.428. The maximum absolute atomic E-state index is 10.8. The molecule has 0 aromatic rings. The van der Waals surface area contributed by atoms with Crippen molar-refractivity contribution in [2.24, 2.45) is 11.5 Å². The predicted octanol–water partition coefficient (Wildman–Crippen LogP) is -1.37. The van der Waals surface area contributed by atoms with Crippen molar-refractivity contribution in [1.82, 2.24) is 5.32 Å².